The van der Waals surface area contributed by atoms with E-state index in [9.17, 15) is 8.42 Å². The molecule has 1 saturated carbocycles. The minimum Gasteiger partial charge on any atom is -0.195 e. The van der Waals surface area contributed by atoms with Gasteiger partial charge in [0.1, 0.15) is 0 Å². The summed E-state index contributed by atoms with van der Waals surface area (Å²) in [6.07, 6.45) is 5.37. The van der Waals surface area contributed by atoms with E-state index >= 15 is 0 Å². The minimum atomic E-state index is -3.51. The van der Waals surface area contributed by atoms with Crippen molar-refractivity contribution in [2.75, 3.05) is 6.54 Å². The molecule has 0 saturated heterocycles. The van der Waals surface area contributed by atoms with Crippen molar-refractivity contribution in [1.82, 2.24) is 4.31 Å². The van der Waals surface area contributed by atoms with Gasteiger partial charge in [0, 0.05) is 23.3 Å². The second kappa shape index (κ2) is 4.62. The molecule has 0 aromatic heterocycles. The van der Waals surface area contributed by atoms with Crippen LogP contribution in [0.15, 0.2) is 0 Å². The first kappa shape index (κ1) is 11.3. The molecule has 0 N–H and O–H groups in total. The SMILES string of the molecule is CCN(C1CCCCC1)S(=O)(=O)Cl. The molecule has 5 heteroatoms. The highest BCUT2D eigenvalue weighted by Gasteiger charge is 2.27. The van der Waals surface area contributed by atoms with Gasteiger partial charge in [-0.05, 0) is 12.8 Å². The van der Waals surface area contributed by atoms with Crippen LogP contribution in [-0.2, 0) is 9.24 Å². The van der Waals surface area contributed by atoms with Crippen LogP contribution in [0.4, 0.5) is 0 Å². The van der Waals surface area contributed by atoms with Crippen molar-refractivity contribution in [2.45, 2.75) is 45.1 Å². The van der Waals surface area contributed by atoms with Gasteiger partial charge in [-0.3, -0.25) is 0 Å². The number of halogens is 1. The molecule has 0 unspecified atom stereocenters. The van der Waals surface area contributed by atoms with Gasteiger partial charge < -0.3 is 0 Å². The molecule has 0 aromatic rings. The van der Waals surface area contributed by atoms with Crippen molar-refractivity contribution in [1.29, 1.82) is 0 Å². The first-order valence-electron chi connectivity index (χ1n) is 4.77. The van der Waals surface area contributed by atoms with E-state index in [2.05, 4.69) is 0 Å². The lowest BCUT2D eigenvalue weighted by atomic mass is 9.95. The van der Waals surface area contributed by atoms with Crippen LogP contribution in [0.1, 0.15) is 39.0 Å². The van der Waals surface area contributed by atoms with E-state index in [0.717, 1.165) is 25.7 Å². The topological polar surface area (TPSA) is 37.4 Å². The number of rotatable bonds is 3. The monoisotopic (exact) mass is 225 g/mol. The van der Waals surface area contributed by atoms with Crippen LogP contribution in [0.2, 0.25) is 0 Å². The highest BCUT2D eigenvalue weighted by Crippen LogP contribution is 2.25. The molecule has 1 aliphatic carbocycles. The Kier molecular flexibility index (Phi) is 4.01. The third-order valence-electron chi connectivity index (χ3n) is 2.57. The highest BCUT2D eigenvalue weighted by atomic mass is 35.7. The summed E-state index contributed by atoms with van der Waals surface area (Å²) in [7, 11) is 1.82. The third kappa shape index (κ3) is 3.11. The highest BCUT2D eigenvalue weighted by molar-refractivity contribution is 8.11. The first-order valence-corrected chi connectivity index (χ1v) is 7.03. The summed E-state index contributed by atoms with van der Waals surface area (Å²) in [6.45, 7) is 2.31. The zero-order chi connectivity index (χ0) is 9.90. The van der Waals surface area contributed by atoms with Crippen LogP contribution in [0.25, 0.3) is 0 Å². The van der Waals surface area contributed by atoms with Gasteiger partial charge in [-0.25, -0.2) is 0 Å². The summed E-state index contributed by atoms with van der Waals surface area (Å²) in [5, 5.41) is 0. The molecule has 0 heterocycles. The molecule has 3 nitrogen and oxygen atoms in total. The van der Waals surface area contributed by atoms with Crippen molar-refractivity contribution in [3.8, 4) is 0 Å². The summed E-state index contributed by atoms with van der Waals surface area (Å²) in [5.41, 5.74) is 0. The summed E-state index contributed by atoms with van der Waals surface area (Å²) in [4.78, 5) is 0. The largest absolute Gasteiger partial charge is 0.300 e. The molecule has 0 aliphatic heterocycles. The quantitative estimate of drug-likeness (QED) is 0.690. The van der Waals surface area contributed by atoms with Crippen molar-refractivity contribution in [2.24, 2.45) is 0 Å². The molecule has 78 valence electrons. The van der Waals surface area contributed by atoms with E-state index in [-0.39, 0.29) is 6.04 Å². The number of nitrogens with zero attached hydrogens (tertiary/aromatic N) is 1. The lowest BCUT2D eigenvalue weighted by Gasteiger charge is -2.30. The normalized spacial score (nSPS) is 20.8. The first-order chi connectivity index (χ1) is 6.05. The Morgan fingerprint density at radius 2 is 1.85 bits per heavy atom. The van der Waals surface area contributed by atoms with Crippen molar-refractivity contribution in [3.05, 3.63) is 0 Å². The van der Waals surface area contributed by atoms with Crippen molar-refractivity contribution in [3.63, 3.8) is 0 Å². The van der Waals surface area contributed by atoms with Crippen LogP contribution < -0.4 is 0 Å². The Morgan fingerprint density at radius 1 is 1.31 bits per heavy atom. The van der Waals surface area contributed by atoms with Crippen LogP contribution in [0, 0.1) is 0 Å². The standard InChI is InChI=1S/C8H16ClNO2S/c1-2-10(13(9,11)12)8-6-4-3-5-7-8/h8H,2-7H2,1H3. The summed E-state index contributed by atoms with van der Waals surface area (Å²) >= 11 is 0. The number of hydrogen-bond donors (Lipinski definition) is 0. The van der Waals surface area contributed by atoms with Gasteiger partial charge >= 0.3 is 0 Å². The van der Waals surface area contributed by atoms with E-state index in [1.54, 1.807) is 0 Å². The molecule has 0 amide bonds. The Labute approximate surface area is 84.6 Å². The lowest BCUT2D eigenvalue weighted by molar-refractivity contribution is 0.265. The average molecular weight is 226 g/mol. The molecule has 0 spiro atoms. The van der Waals surface area contributed by atoms with Gasteiger partial charge in [0.25, 0.3) is 9.24 Å². The summed E-state index contributed by atoms with van der Waals surface area (Å²) < 4.78 is 23.7. The lowest BCUT2D eigenvalue weighted by Crippen LogP contribution is -2.38. The molecule has 0 radical (unpaired) electrons. The maximum atomic E-state index is 11.2. The molecule has 13 heavy (non-hydrogen) atoms. The van der Waals surface area contributed by atoms with Crippen LogP contribution in [-0.4, -0.2) is 25.3 Å². The third-order valence-corrected chi connectivity index (χ3v) is 4.22. The average Bonchev–Trinajstić information content (AvgIpc) is 2.05. The second-order valence-electron chi connectivity index (χ2n) is 3.44. The van der Waals surface area contributed by atoms with Crippen LogP contribution in [0.5, 0.6) is 0 Å². The molecule has 1 fully saturated rings. The van der Waals surface area contributed by atoms with Crippen molar-refractivity contribution < 1.29 is 8.42 Å². The molecule has 0 aromatic carbocycles. The molecule has 1 aliphatic rings. The smallest absolute Gasteiger partial charge is 0.195 e. The van der Waals surface area contributed by atoms with E-state index in [0.29, 0.717) is 6.54 Å². The van der Waals surface area contributed by atoms with E-state index in [4.69, 9.17) is 10.7 Å². The zero-order valence-electron chi connectivity index (χ0n) is 7.87. The molecular weight excluding hydrogens is 210 g/mol. The second-order valence-corrected chi connectivity index (χ2v) is 5.90. The molecule has 0 atom stereocenters. The maximum absolute atomic E-state index is 11.2. The van der Waals surface area contributed by atoms with Gasteiger partial charge in [-0.2, -0.15) is 12.7 Å². The Morgan fingerprint density at radius 3 is 2.23 bits per heavy atom. The van der Waals surface area contributed by atoms with Gasteiger partial charge in [0.2, 0.25) is 0 Å². The fourth-order valence-electron chi connectivity index (χ4n) is 1.96. The Hall–Kier alpha value is 0.200. The predicted molar refractivity (Wildman–Crippen MR) is 54.0 cm³/mol. The Bertz CT molecular complexity index is 247. The molecular formula is C8H16ClNO2S. The number of hydrogen-bond acceptors (Lipinski definition) is 2. The predicted octanol–water partition coefficient (Wildman–Crippen LogP) is 2.12. The summed E-state index contributed by atoms with van der Waals surface area (Å²) in [6, 6.07) is 0.140. The fraction of sp³-hybridized carbons (Fsp3) is 1.00. The Balaban J connectivity index is 2.65. The van der Waals surface area contributed by atoms with Crippen molar-refractivity contribution >= 4 is 19.9 Å². The van der Waals surface area contributed by atoms with Crippen LogP contribution >= 0.6 is 10.7 Å². The van der Waals surface area contributed by atoms with Gasteiger partial charge in [0.05, 0.1) is 0 Å². The van der Waals surface area contributed by atoms with E-state index in [1.165, 1.54) is 10.7 Å². The van der Waals surface area contributed by atoms with E-state index in [1.807, 2.05) is 6.92 Å². The summed E-state index contributed by atoms with van der Waals surface area (Å²) in [5.74, 6) is 0. The zero-order valence-corrected chi connectivity index (χ0v) is 9.44. The minimum absolute atomic E-state index is 0.140. The fourth-order valence-corrected chi connectivity index (χ4v) is 3.47. The van der Waals surface area contributed by atoms with Crippen LogP contribution in [0.3, 0.4) is 0 Å². The van der Waals surface area contributed by atoms with E-state index < -0.39 is 9.24 Å². The maximum Gasteiger partial charge on any atom is 0.300 e. The van der Waals surface area contributed by atoms with Gasteiger partial charge in [0.15, 0.2) is 0 Å². The molecule has 1 rings (SSSR count). The van der Waals surface area contributed by atoms with Gasteiger partial charge in [-0.15, -0.1) is 0 Å². The molecule has 0 bridgehead atoms. The van der Waals surface area contributed by atoms with Gasteiger partial charge in [-0.1, -0.05) is 26.2 Å².